The number of unbranched alkanes of at least 4 members (excludes halogenated alkanes) is 3. The topological polar surface area (TPSA) is 166 Å². The number of pyridine rings is 1. The fraction of sp³-hybridized carbons (Fsp3) is 0.650. The number of aliphatic carboxylic acids is 1. The molecule has 1 N–H and O–H groups in total. The molecule has 3 aromatic rings. The van der Waals surface area contributed by atoms with E-state index in [1.807, 2.05) is 0 Å². The molecule has 17 heteroatoms. The Hall–Kier alpha value is -2.74. The summed E-state index contributed by atoms with van der Waals surface area (Å²) in [5.41, 5.74) is 2.39. The number of hydrogen-bond donors (Lipinski definition) is 1. The maximum Gasteiger partial charge on any atom is 0.307 e. The largest absolute Gasteiger partial charge is 0.481 e. The number of benzene rings is 1. The average Bonchev–Trinajstić information content (AvgIpc) is 3.61. The van der Waals surface area contributed by atoms with Gasteiger partial charge in [-0.25, -0.2) is 12.9 Å². The number of nitrogens with zero attached hydrogens (tertiary/aromatic N) is 3. The van der Waals surface area contributed by atoms with Gasteiger partial charge in [0.2, 0.25) is 10.0 Å². The molecule has 57 heavy (non-hydrogen) atoms. The van der Waals surface area contributed by atoms with Crippen LogP contribution in [0.5, 0.6) is 0 Å². The molecular weight excluding hydrogens is 782 g/mol. The molecule has 1 aliphatic rings. The van der Waals surface area contributed by atoms with Crippen LogP contribution >= 0.6 is 11.6 Å². The van der Waals surface area contributed by atoms with Crippen molar-refractivity contribution in [3.05, 3.63) is 54.4 Å². The fourth-order valence-electron chi connectivity index (χ4n) is 6.15. The first-order chi connectivity index (χ1) is 27.9. The van der Waals surface area contributed by atoms with E-state index in [4.69, 9.17) is 49.5 Å². The van der Waals surface area contributed by atoms with Gasteiger partial charge in [-0.15, -0.1) is 11.6 Å². The Balaban J connectivity index is 0.953. The molecule has 1 saturated heterocycles. The van der Waals surface area contributed by atoms with Crippen molar-refractivity contribution in [1.29, 1.82) is 0 Å². The van der Waals surface area contributed by atoms with Crippen LogP contribution in [-0.2, 0) is 59.1 Å². The molecule has 0 bridgehead atoms. The fourth-order valence-corrected chi connectivity index (χ4v) is 8.03. The third kappa shape index (κ3) is 17.6. The zero-order chi connectivity index (χ0) is 40.4. The Morgan fingerprint density at radius 2 is 1.25 bits per heavy atom. The van der Waals surface area contributed by atoms with Gasteiger partial charge in [0.1, 0.15) is 0 Å². The molecule has 1 aromatic carbocycles. The first-order valence-electron chi connectivity index (χ1n) is 19.9. The highest BCUT2D eigenvalue weighted by Crippen LogP contribution is 2.32. The minimum atomic E-state index is -3.80. The Kier molecular flexibility index (Phi) is 22.9. The summed E-state index contributed by atoms with van der Waals surface area (Å²) < 4.78 is 75.5. The number of carboxylic acid groups (broad SMARTS) is 1. The van der Waals surface area contributed by atoms with Crippen molar-refractivity contribution < 1.29 is 56.2 Å². The standard InChI is InChI=1S/C40H60ClN3O12S/c41-12-5-1-2-6-16-49-17-18-50-19-20-51-21-22-52-23-24-53-25-26-54-27-28-55-29-30-56-36-10-13-43(14-11-36)57(47,48)39-8-4-3-7-37(39)34-9-15-44-38(31-34)35(33-42-44)32-40(45)46/h3-4,7-9,15,31,33,36H,1-2,5-6,10-14,16-30,32H2,(H,45,46). The molecule has 0 aliphatic carbocycles. The third-order valence-corrected chi connectivity index (χ3v) is 11.4. The van der Waals surface area contributed by atoms with Crippen LogP contribution in [0.3, 0.4) is 0 Å². The minimum Gasteiger partial charge on any atom is -0.481 e. The second-order valence-electron chi connectivity index (χ2n) is 13.3. The third-order valence-electron chi connectivity index (χ3n) is 9.15. The van der Waals surface area contributed by atoms with Gasteiger partial charge in [0, 0.05) is 42.9 Å². The normalized spacial score (nSPS) is 14.2. The molecular formula is C40H60ClN3O12S. The molecule has 0 atom stereocenters. The van der Waals surface area contributed by atoms with E-state index in [2.05, 4.69) is 5.10 Å². The van der Waals surface area contributed by atoms with Gasteiger partial charge in [0.25, 0.3) is 0 Å². The number of aromatic nitrogens is 2. The van der Waals surface area contributed by atoms with Crippen molar-refractivity contribution in [1.82, 2.24) is 13.9 Å². The maximum absolute atomic E-state index is 13.8. The number of halogens is 1. The predicted octanol–water partition coefficient (Wildman–Crippen LogP) is 4.71. The van der Waals surface area contributed by atoms with Crippen LogP contribution in [0.4, 0.5) is 0 Å². The summed E-state index contributed by atoms with van der Waals surface area (Å²) in [5.74, 6) is -0.232. The van der Waals surface area contributed by atoms with Gasteiger partial charge in [0.05, 0.1) is 122 Å². The minimum absolute atomic E-state index is 0.0562. The van der Waals surface area contributed by atoms with Gasteiger partial charge < -0.3 is 43.0 Å². The number of sulfonamides is 1. The van der Waals surface area contributed by atoms with Crippen LogP contribution in [0.15, 0.2) is 53.7 Å². The number of alkyl halides is 1. The van der Waals surface area contributed by atoms with E-state index in [9.17, 15) is 18.3 Å². The van der Waals surface area contributed by atoms with Crippen molar-refractivity contribution in [2.75, 3.05) is 118 Å². The summed E-state index contributed by atoms with van der Waals surface area (Å²) in [5, 5.41) is 13.5. The summed E-state index contributed by atoms with van der Waals surface area (Å²) in [6.45, 7) is 8.28. The molecule has 320 valence electrons. The van der Waals surface area contributed by atoms with Gasteiger partial charge in [-0.3, -0.25) is 4.79 Å². The molecule has 15 nitrogen and oxygen atoms in total. The average molecular weight is 842 g/mol. The van der Waals surface area contributed by atoms with E-state index >= 15 is 0 Å². The molecule has 1 fully saturated rings. The lowest BCUT2D eigenvalue weighted by Gasteiger charge is -2.31. The molecule has 2 aromatic heterocycles. The van der Waals surface area contributed by atoms with Crippen LogP contribution < -0.4 is 0 Å². The van der Waals surface area contributed by atoms with Crippen LogP contribution in [0, 0.1) is 0 Å². The van der Waals surface area contributed by atoms with E-state index in [1.54, 1.807) is 47.1 Å². The van der Waals surface area contributed by atoms with E-state index < -0.39 is 16.0 Å². The van der Waals surface area contributed by atoms with Crippen molar-refractivity contribution in [3.8, 4) is 11.1 Å². The first-order valence-corrected chi connectivity index (χ1v) is 21.9. The van der Waals surface area contributed by atoms with Gasteiger partial charge in [-0.05, 0) is 49.4 Å². The first kappa shape index (κ1) is 46.9. The molecule has 3 heterocycles. The van der Waals surface area contributed by atoms with E-state index in [-0.39, 0.29) is 17.4 Å². The summed E-state index contributed by atoms with van der Waals surface area (Å²) in [4.78, 5) is 11.5. The highest BCUT2D eigenvalue weighted by atomic mass is 35.5. The lowest BCUT2D eigenvalue weighted by Crippen LogP contribution is -2.41. The number of carbonyl (C=O) groups is 1. The smallest absolute Gasteiger partial charge is 0.307 e. The maximum atomic E-state index is 13.8. The van der Waals surface area contributed by atoms with E-state index in [0.29, 0.717) is 141 Å². The predicted molar refractivity (Wildman–Crippen MR) is 215 cm³/mol. The van der Waals surface area contributed by atoms with Gasteiger partial charge in [0.15, 0.2) is 0 Å². The number of piperidine rings is 1. The van der Waals surface area contributed by atoms with Gasteiger partial charge in [-0.1, -0.05) is 31.0 Å². The molecule has 0 spiro atoms. The molecule has 0 unspecified atom stereocenters. The molecule has 0 radical (unpaired) electrons. The second-order valence-corrected chi connectivity index (χ2v) is 15.6. The van der Waals surface area contributed by atoms with Crippen LogP contribution in [0.25, 0.3) is 16.6 Å². The van der Waals surface area contributed by atoms with E-state index in [1.165, 1.54) is 10.5 Å². The summed E-state index contributed by atoms with van der Waals surface area (Å²) in [6.07, 6.45) is 8.59. The summed E-state index contributed by atoms with van der Waals surface area (Å²) >= 11 is 5.66. The lowest BCUT2D eigenvalue weighted by atomic mass is 10.1. The number of ether oxygens (including phenoxy) is 8. The Bertz CT molecular complexity index is 1660. The number of hydrogen-bond acceptors (Lipinski definition) is 12. The summed E-state index contributed by atoms with van der Waals surface area (Å²) in [7, 11) is -3.80. The molecule has 4 rings (SSSR count). The van der Waals surface area contributed by atoms with Crippen molar-refractivity contribution in [2.45, 2.75) is 55.9 Å². The summed E-state index contributed by atoms with van der Waals surface area (Å²) in [6, 6.07) is 10.4. The lowest BCUT2D eigenvalue weighted by molar-refractivity contribution is -0.136. The molecule has 0 amide bonds. The van der Waals surface area contributed by atoms with Crippen molar-refractivity contribution in [2.24, 2.45) is 0 Å². The van der Waals surface area contributed by atoms with Crippen LogP contribution in [0.2, 0.25) is 0 Å². The number of rotatable bonds is 33. The second kappa shape index (κ2) is 27.9. The van der Waals surface area contributed by atoms with E-state index in [0.717, 1.165) is 38.2 Å². The zero-order valence-corrected chi connectivity index (χ0v) is 34.5. The Labute approximate surface area is 341 Å². The molecule has 0 saturated carbocycles. The monoisotopic (exact) mass is 841 g/mol. The van der Waals surface area contributed by atoms with Crippen LogP contribution in [0.1, 0.15) is 44.1 Å². The van der Waals surface area contributed by atoms with Gasteiger partial charge >= 0.3 is 5.97 Å². The van der Waals surface area contributed by atoms with Crippen LogP contribution in [-0.4, -0.2) is 158 Å². The zero-order valence-electron chi connectivity index (χ0n) is 32.9. The quantitative estimate of drug-likeness (QED) is 0.0663. The highest BCUT2D eigenvalue weighted by Gasteiger charge is 2.31. The SMILES string of the molecule is O=C(O)Cc1cnn2ccc(-c3ccccc3S(=O)(=O)N3CCC(OCCOCCOCCOCCOCCOCCOCCOCCCCCCCl)CC3)cc12. The Morgan fingerprint density at radius 3 is 1.81 bits per heavy atom. The van der Waals surface area contributed by atoms with Crippen molar-refractivity contribution in [3.63, 3.8) is 0 Å². The molecule has 1 aliphatic heterocycles. The number of fused-ring (bicyclic) bond motifs is 1. The Morgan fingerprint density at radius 1 is 0.719 bits per heavy atom. The number of carboxylic acids is 1. The van der Waals surface area contributed by atoms with Crippen molar-refractivity contribution >= 4 is 33.1 Å². The highest BCUT2D eigenvalue weighted by molar-refractivity contribution is 7.89. The van der Waals surface area contributed by atoms with Gasteiger partial charge in [-0.2, -0.15) is 9.40 Å².